The third-order valence-electron chi connectivity index (χ3n) is 5.79. The van der Waals surface area contributed by atoms with Gasteiger partial charge in [-0.2, -0.15) is 0 Å². The molecule has 0 spiro atoms. The minimum Gasteiger partial charge on any atom is -0.496 e. The van der Waals surface area contributed by atoms with E-state index in [0.29, 0.717) is 39.2 Å². The summed E-state index contributed by atoms with van der Waals surface area (Å²) in [6.45, 7) is 6.03. The maximum absolute atomic E-state index is 13.7. The van der Waals surface area contributed by atoms with Gasteiger partial charge in [0.05, 0.1) is 18.4 Å². The number of para-hydroxylation sites is 1. The van der Waals surface area contributed by atoms with Crippen LogP contribution >= 0.6 is 11.6 Å². The summed E-state index contributed by atoms with van der Waals surface area (Å²) in [6, 6.07) is 20.2. The van der Waals surface area contributed by atoms with Crippen molar-refractivity contribution in [2.75, 3.05) is 17.3 Å². The number of amides is 2. The molecule has 3 aromatic rings. The van der Waals surface area contributed by atoms with Crippen LogP contribution in [0.4, 0.5) is 11.4 Å². The summed E-state index contributed by atoms with van der Waals surface area (Å²) >= 11 is 6.30. The zero-order valence-corrected chi connectivity index (χ0v) is 19.7. The fraction of sp³-hybridized carbons (Fsp3) is 0.185. The molecule has 1 aliphatic rings. The van der Waals surface area contributed by atoms with Gasteiger partial charge in [0.15, 0.2) is 0 Å². The SMILES string of the molecule is COc1ccccc1C1=C(Nc2ccc(C(C)C)cc2)C(=O)N(c2cccc(Cl)c2C)C1=O. The molecule has 5 nitrogen and oxygen atoms in total. The summed E-state index contributed by atoms with van der Waals surface area (Å²) in [6.07, 6.45) is 0. The molecule has 4 rings (SSSR count). The van der Waals surface area contributed by atoms with E-state index < -0.39 is 11.8 Å². The number of nitrogens with one attached hydrogen (secondary N) is 1. The van der Waals surface area contributed by atoms with E-state index in [4.69, 9.17) is 16.3 Å². The molecule has 3 aromatic carbocycles. The molecule has 1 N–H and O–H groups in total. The Balaban J connectivity index is 1.85. The van der Waals surface area contributed by atoms with Crippen LogP contribution < -0.4 is 15.0 Å². The van der Waals surface area contributed by atoms with Crippen LogP contribution in [0.5, 0.6) is 5.75 Å². The van der Waals surface area contributed by atoms with E-state index in [1.807, 2.05) is 36.4 Å². The predicted molar refractivity (Wildman–Crippen MR) is 133 cm³/mol. The molecule has 0 fully saturated rings. The van der Waals surface area contributed by atoms with Crippen LogP contribution in [0.15, 0.2) is 72.4 Å². The summed E-state index contributed by atoms with van der Waals surface area (Å²) in [7, 11) is 1.54. The molecule has 0 atom stereocenters. The summed E-state index contributed by atoms with van der Waals surface area (Å²) < 4.78 is 5.50. The number of hydrogen-bond donors (Lipinski definition) is 1. The minimum atomic E-state index is -0.445. The summed E-state index contributed by atoms with van der Waals surface area (Å²) in [5, 5.41) is 3.68. The highest BCUT2D eigenvalue weighted by Gasteiger charge is 2.41. The maximum Gasteiger partial charge on any atom is 0.282 e. The molecular formula is C27H25ClN2O3. The first-order valence-electron chi connectivity index (χ1n) is 10.7. The molecule has 6 heteroatoms. The first-order chi connectivity index (χ1) is 15.8. The average Bonchev–Trinajstić information content (AvgIpc) is 3.05. The summed E-state index contributed by atoms with van der Waals surface area (Å²) in [5.41, 5.74) is 4.00. The molecule has 1 aliphatic heterocycles. The van der Waals surface area contributed by atoms with Crippen LogP contribution in [0, 0.1) is 6.92 Å². The fourth-order valence-corrected chi connectivity index (χ4v) is 4.07. The largest absolute Gasteiger partial charge is 0.496 e. The Hall–Kier alpha value is -3.57. The van der Waals surface area contributed by atoms with Gasteiger partial charge in [-0.05, 0) is 54.3 Å². The molecule has 0 radical (unpaired) electrons. The first kappa shape index (κ1) is 22.6. The van der Waals surface area contributed by atoms with E-state index in [1.165, 1.54) is 17.6 Å². The van der Waals surface area contributed by atoms with Gasteiger partial charge >= 0.3 is 0 Å². The van der Waals surface area contributed by atoms with Gasteiger partial charge in [0, 0.05) is 16.3 Å². The van der Waals surface area contributed by atoms with E-state index in [0.717, 1.165) is 0 Å². The van der Waals surface area contributed by atoms with Crippen molar-refractivity contribution in [2.24, 2.45) is 0 Å². The van der Waals surface area contributed by atoms with Crippen LogP contribution in [0.1, 0.15) is 36.5 Å². The second-order valence-corrected chi connectivity index (χ2v) is 8.59. The van der Waals surface area contributed by atoms with Gasteiger partial charge in [-0.25, -0.2) is 4.90 Å². The van der Waals surface area contributed by atoms with Gasteiger partial charge in [0.1, 0.15) is 11.4 Å². The molecule has 0 unspecified atom stereocenters. The molecule has 2 amide bonds. The number of benzene rings is 3. The topological polar surface area (TPSA) is 58.6 Å². The van der Waals surface area contributed by atoms with Gasteiger partial charge in [-0.15, -0.1) is 0 Å². The van der Waals surface area contributed by atoms with Crippen molar-refractivity contribution < 1.29 is 14.3 Å². The molecular weight excluding hydrogens is 436 g/mol. The van der Waals surface area contributed by atoms with E-state index in [2.05, 4.69) is 19.2 Å². The highest BCUT2D eigenvalue weighted by Crippen LogP contribution is 2.39. The maximum atomic E-state index is 13.7. The number of rotatable bonds is 6. The van der Waals surface area contributed by atoms with Crippen LogP contribution in [0.2, 0.25) is 5.02 Å². The predicted octanol–water partition coefficient (Wildman–Crippen LogP) is 6.18. The third-order valence-corrected chi connectivity index (χ3v) is 6.20. The zero-order valence-electron chi connectivity index (χ0n) is 19.0. The van der Waals surface area contributed by atoms with Gasteiger partial charge in [0.25, 0.3) is 11.8 Å². The normalized spacial score (nSPS) is 13.8. The van der Waals surface area contributed by atoms with Crippen LogP contribution in [0.3, 0.4) is 0 Å². The Bertz CT molecular complexity index is 1260. The number of anilines is 2. The molecule has 0 saturated carbocycles. The Labute approximate surface area is 198 Å². The van der Waals surface area contributed by atoms with Crippen molar-refractivity contribution in [3.05, 3.63) is 94.1 Å². The number of carbonyl (C=O) groups is 2. The standard InChI is InChI=1S/C27H25ClN2O3/c1-16(2)18-12-14-19(15-13-18)29-25-24(20-8-5-6-11-23(20)33-4)26(31)30(27(25)32)22-10-7-9-21(28)17(22)3/h5-16,29H,1-4H3. The van der Waals surface area contributed by atoms with Gasteiger partial charge in [0.2, 0.25) is 0 Å². The second kappa shape index (κ2) is 9.12. The average molecular weight is 461 g/mol. The van der Waals surface area contributed by atoms with Crippen molar-refractivity contribution >= 4 is 40.4 Å². The van der Waals surface area contributed by atoms with Crippen LogP contribution in [-0.2, 0) is 9.59 Å². The first-order valence-corrected chi connectivity index (χ1v) is 11.1. The minimum absolute atomic E-state index is 0.196. The number of halogens is 1. The summed E-state index contributed by atoms with van der Waals surface area (Å²) in [4.78, 5) is 28.5. The van der Waals surface area contributed by atoms with Crippen molar-refractivity contribution in [1.82, 2.24) is 0 Å². The molecule has 168 valence electrons. The highest BCUT2D eigenvalue weighted by atomic mass is 35.5. The van der Waals surface area contributed by atoms with E-state index >= 15 is 0 Å². The highest BCUT2D eigenvalue weighted by molar-refractivity contribution is 6.47. The number of hydrogen-bond acceptors (Lipinski definition) is 4. The summed E-state index contributed by atoms with van der Waals surface area (Å²) in [5.74, 6) is 0.0153. The Morgan fingerprint density at radius 2 is 1.61 bits per heavy atom. The van der Waals surface area contributed by atoms with E-state index in [-0.39, 0.29) is 11.3 Å². The number of methoxy groups -OCH3 is 1. The second-order valence-electron chi connectivity index (χ2n) is 8.18. The molecule has 1 heterocycles. The number of nitrogens with zero attached hydrogens (tertiary/aromatic N) is 1. The lowest BCUT2D eigenvalue weighted by Crippen LogP contribution is -2.33. The molecule has 0 aliphatic carbocycles. The quantitative estimate of drug-likeness (QED) is 0.446. The number of carbonyl (C=O) groups excluding carboxylic acids is 2. The lowest BCUT2D eigenvalue weighted by atomic mass is 10.0. The van der Waals surface area contributed by atoms with Crippen LogP contribution in [0.25, 0.3) is 5.57 Å². The van der Waals surface area contributed by atoms with Crippen molar-refractivity contribution in [3.8, 4) is 5.75 Å². The third kappa shape index (κ3) is 4.12. The lowest BCUT2D eigenvalue weighted by Gasteiger charge is -2.18. The van der Waals surface area contributed by atoms with Gasteiger partial charge in [-0.3, -0.25) is 9.59 Å². The Morgan fingerprint density at radius 3 is 2.27 bits per heavy atom. The molecule has 0 aromatic heterocycles. The molecule has 33 heavy (non-hydrogen) atoms. The molecule has 0 saturated heterocycles. The Kier molecular flexibility index (Phi) is 6.25. The monoisotopic (exact) mass is 460 g/mol. The zero-order chi connectivity index (χ0) is 23.7. The smallest absolute Gasteiger partial charge is 0.282 e. The number of ether oxygens (including phenoxy) is 1. The van der Waals surface area contributed by atoms with Crippen molar-refractivity contribution in [3.63, 3.8) is 0 Å². The van der Waals surface area contributed by atoms with Crippen molar-refractivity contribution in [2.45, 2.75) is 26.7 Å². The van der Waals surface area contributed by atoms with Gasteiger partial charge in [-0.1, -0.05) is 61.8 Å². The number of imide groups is 1. The Morgan fingerprint density at radius 1 is 0.909 bits per heavy atom. The fourth-order valence-electron chi connectivity index (χ4n) is 3.90. The lowest BCUT2D eigenvalue weighted by molar-refractivity contribution is -0.120. The van der Waals surface area contributed by atoms with Crippen LogP contribution in [-0.4, -0.2) is 18.9 Å². The van der Waals surface area contributed by atoms with Crippen molar-refractivity contribution in [1.29, 1.82) is 0 Å². The van der Waals surface area contributed by atoms with Gasteiger partial charge < -0.3 is 10.1 Å². The van der Waals surface area contributed by atoms with E-state index in [1.54, 1.807) is 37.3 Å². The molecule has 0 bridgehead atoms. The van der Waals surface area contributed by atoms with E-state index in [9.17, 15) is 9.59 Å².